The van der Waals surface area contributed by atoms with Crippen LogP contribution in [0.4, 0.5) is 10.1 Å². The van der Waals surface area contributed by atoms with E-state index < -0.39 is 34.3 Å². The van der Waals surface area contributed by atoms with Gasteiger partial charge in [-0.1, -0.05) is 72.2 Å². The largest absolute Gasteiger partial charge is 0.494 e. The van der Waals surface area contributed by atoms with Crippen LogP contribution in [-0.2, 0) is 32.6 Å². The molecular formula is C36H39BrFN3O5S. The molecule has 0 aliphatic rings. The average molecular weight is 725 g/mol. The number of hydrogen-bond acceptors (Lipinski definition) is 5. The average Bonchev–Trinajstić information content (AvgIpc) is 3.05. The van der Waals surface area contributed by atoms with Crippen molar-refractivity contribution in [2.24, 2.45) is 5.92 Å². The van der Waals surface area contributed by atoms with Crippen LogP contribution in [0.1, 0.15) is 31.9 Å². The molecule has 0 saturated carbocycles. The highest BCUT2D eigenvalue weighted by Gasteiger charge is 2.34. The Balaban J connectivity index is 1.79. The van der Waals surface area contributed by atoms with Crippen molar-refractivity contribution in [3.05, 3.63) is 125 Å². The van der Waals surface area contributed by atoms with Crippen LogP contribution in [0.25, 0.3) is 0 Å². The summed E-state index contributed by atoms with van der Waals surface area (Å²) in [6.45, 7) is 5.97. The molecule has 0 bridgehead atoms. The molecule has 11 heteroatoms. The zero-order valence-electron chi connectivity index (χ0n) is 26.6. The predicted molar refractivity (Wildman–Crippen MR) is 185 cm³/mol. The third-order valence-corrected chi connectivity index (χ3v) is 9.60. The number of rotatable bonds is 15. The highest BCUT2D eigenvalue weighted by Crippen LogP contribution is 2.27. The number of anilines is 1. The molecule has 0 aromatic heterocycles. The summed E-state index contributed by atoms with van der Waals surface area (Å²) in [5, 5.41) is 2.97. The van der Waals surface area contributed by atoms with E-state index in [9.17, 15) is 22.4 Å². The maximum absolute atomic E-state index is 14.5. The van der Waals surface area contributed by atoms with Crippen LogP contribution in [0.3, 0.4) is 0 Å². The van der Waals surface area contributed by atoms with Crippen LogP contribution in [0.5, 0.6) is 5.75 Å². The number of amides is 2. The van der Waals surface area contributed by atoms with Gasteiger partial charge in [-0.2, -0.15) is 0 Å². The molecule has 0 saturated heterocycles. The molecule has 2 amide bonds. The lowest BCUT2D eigenvalue weighted by atomic mass is 10.0. The first-order valence-electron chi connectivity index (χ1n) is 15.3. The van der Waals surface area contributed by atoms with E-state index in [1.54, 1.807) is 0 Å². The van der Waals surface area contributed by atoms with Gasteiger partial charge in [0.15, 0.2) is 0 Å². The van der Waals surface area contributed by atoms with E-state index in [1.807, 2.05) is 75.4 Å². The minimum Gasteiger partial charge on any atom is -0.494 e. The Morgan fingerprint density at radius 3 is 2.17 bits per heavy atom. The van der Waals surface area contributed by atoms with Crippen molar-refractivity contribution in [3.8, 4) is 5.75 Å². The van der Waals surface area contributed by atoms with Gasteiger partial charge in [-0.3, -0.25) is 13.9 Å². The molecule has 8 nitrogen and oxygen atoms in total. The summed E-state index contributed by atoms with van der Waals surface area (Å²) >= 11 is 3.48. The molecule has 0 fully saturated rings. The van der Waals surface area contributed by atoms with Gasteiger partial charge in [-0.15, -0.1) is 0 Å². The van der Waals surface area contributed by atoms with Gasteiger partial charge in [0, 0.05) is 24.0 Å². The standard InChI is InChI=1S/C36H39BrFN3O5S/c1-4-46-32-17-19-33(20-18-32)47(44,45)41(31-15-13-30(38)14-16-31)25-35(42)40(24-28-11-8-12-29(37)21-28)34(36(43)39-23-26(2)3)22-27-9-6-5-7-10-27/h5-21,26,34H,4,22-25H2,1-3H3,(H,39,43). The van der Waals surface area contributed by atoms with Crippen molar-refractivity contribution in [2.45, 2.75) is 44.7 Å². The molecule has 0 aliphatic carbocycles. The van der Waals surface area contributed by atoms with Crippen molar-refractivity contribution >= 4 is 43.5 Å². The fraction of sp³-hybridized carbons (Fsp3) is 0.278. The number of benzene rings is 4. The van der Waals surface area contributed by atoms with Crippen LogP contribution in [-0.4, -0.2) is 50.9 Å². The van der Waals surface area contributed by atoms with Crippen molar-refractivity contribution in [3.63, 3.8) is 0 Å². The first kappa shape index (κ1) is 35.6. The highest BCUT2D eigenvalue weighted by atomic mass is 79.9. The molecular weight excluding hydrogens is 685 g/mol. The van der Waals surface area contributed by atoms with E-state index >= 15 is 0 Å². The normalized spacial score (nSPS) is 12.0. The Labute approximate surface area is 284 Å². The van der Waals surface area contributed by atoms with Gasteiger partial charge in [0.2, 0.25) is 11.8 Å². The van der Waals surface area contributed by atoms with Gasteiger partial charge in [0.25, 0.3) is 10.0 Å². The SMILES string of the molecule is CCOc1ccc(S(=O)(=O)N(CC(=O)N(Cc2cccc(Br)c2)C(Cc2ccccc2)C(=O)NCC(C)C)c2ccc(F)cc2)cc1. The van der Waals surface area contributed by atoms with E-state index in [2.05, 4.69) is 21.2 Å². The molecule has 0 spiro atoms. The molecule has 4 aromatic carbocycles. The van der Waals surface area contributed by atoms with Crippen molar-refractivity contribution in [1.82, 2.24) is 10.2 Å². The fourth-order valence-corrected chi connectivity index (χ4v) is 6.81. The van der Waals surface area contributed by atoms with Gasteiger partial charge in [-0.05, 0) is 84.6 Å². The molecule has 1 atom stereocenters. The van der Waals surface area contributed by atoms with Gasteiger partial charge >= 0.3 is 0 Å². The number of carbonyl (C=O) groups excluding carboxylic acids is 2. The fourth-order valence-electron chi connectivity index (χ4n) is 4.95. The van der Waals surface area contributed by atoms with Gasteiger partial charge in [-0.25, -0.2) is 12.8 Å². The summed E-state index contributed by atoms with van der Waals surface area (Å²) in [5.74, 6) is -0.858. The monoisotopic (exact) mass is 723 g/mol. The minimum absolute atomic E-state index is 0.0330. The number of hydrogen-bond donors (Lipinski definition) is 1. The quantitative estimate of drug-likeness (QED) is 0.149. The van der Waals surface area contributed by atoms with Gasteiger partial charge in [0.05, 0.1) is 17.2 Å². The van der Waals surface area contributed by atoms with Crippen LogP contribution < -0.4 is 14.4 Å². The topological polar surface area (TPSA) is 96.0 Å². The molecule has 4 rings (SSSR count). The summed E-state index contributed by atoms with van der Waals surface area (Å²) in [6.07, 6.45) is 0.201. The lowest BCUT2D eigenvalue weighted by Gasteiger charge is -2.34. The summed E-state index contributed by atoms with van der Waals surface area (Å²) in [4.78, 5) is 29.7. The predicted octanol–water partition coefficient (Wildman–Crippen LogP) is 6.59. The summed E-state index contributed by atoms with van der Waals surface area (Å²) in [6, 6.07) is 26.5. The smallest absolute Gasteiger partial charge is 0.264 e. The van der Waals surface area contributed by atoms with Crippen molar-refractivity contribution in [1.29, 1.82) is 0 Å². The molecule has 47 heavy (non-hydrogen) atoms. The highest BCUT2D eigenvalue weighted by molar-refractivity contribution is 9.10. The second-order valence-corrected chi connectivity index (χ2v) is 14.2. The molecule has 248 valence electrons. The molecule has 1 N–H and O–H groups in total. The molecule has 0 aliphatic heterocycles. The Hall–Kier alpha value is -4.22. The van der Waals surface area contributed by atoms with Crippen LogP contribution in [0.2, 0.25) is 0 Å². The zero-order valence-corrected chi connectivity index (χ0v) is 29.0. The Morgan fingerprint density at radius 1 is 0.894 bits per heavy atom. The summed E-state index contributed by atoms with van der Waals surface area (Å²) < 4.78 is 49.5. The van der Waals surface area contributed by atoms with Gasteiger partial charge < -0.3 is 15.0 Å². The van der Waals surface area contributed by atoms with E-state index in [-0.39, 0.29) is 35.4 Å². The second kappa shape index (κ2) is 16.6. The van der Waals surface area contributed by atoms with Crippen LogP contribution in [0, 0.1) is 11.7 Å². The lowest BCUT2D eigenvalue weighted by molar-refractivity contribution is -0.140. The van der Waals surface area contributed by atoms with E-state index in [4.69, 9.17) is 4.74 Å². The Kier molecular flexibility index (Phi) is 12.6. The number of halogens is 2. The maximum Gasteiger partial charge on any atom is 0.264 e. The number of sulfonamides is 1. The number of nitrogens with one attached hydrogen (secondary N) is 1. The minimum atomic E-state index is -4.33. The molecule has 0 heterocycles. The maximum atomic E-state index is 14.5. The molecule has 1 unspecified atom stereocenters. The zero-order chi connectivity index (χ0) is 34.0. The van der Waals surface area contributed by atoms with E-state index in [0.29, 0.717) is 18.9 Å². The lowest BCUT2D eigenvalue weighted by Crippen LogP contribution is -2.53. The van der Waals surface area contributed by atoms with Gasteiger partial charge in [0.1, 0.15) is 24.2 Å². The van der Waals surface area contributed by atoms with Crippen molar-refractivity contribution < 1.29 is 27.1 Å². The number of nitrogens with zero attached hydrogens (tertiary/aromatic N) is 2. The first-order valence-corrected chi connectivity index (χ1v) is 17.6. The number of carbonyl (C=O) groups is 2. The third-order valence-electron chi connectivity index (χ3n) is 7.31. The van der Waals surface area contributed by atoms with Crippen molar-refractivity contribution in [2.75, 3.05) is 24.0 Å². The Bertz CT molecular complexity index is 1740. The Morgan fingerprint density at radius 2 is 1.55 bits per heavy atom. The number of ether oxygens (including phenoxy) is 1. The molecule has 4 aromatic rings. The van der Waals surface area contributed by atoms with E-state index in [1.165, 1.54) is 41.3 Å². The van der Waals surface area contributed by atoms with Crippen LogP contribution in [0.15, 0.2) is 112 Å². The second-order valence-electron chi connectivity index (χ2n) is 11.4. The van der Waals surface area contributed by atoms with E-state index in [0.717, 1.165) is 32.0 Å². The third kappa shape index (κ3) is 9.89. The molecule has 0 radical (unpaired) electrons. The summed E-state index contributed by atoms with van der Waals surface area (Å²) in [7, 11) is -4.33. The first-order chi connectivity index (χ1) is 22.5. The van der Waals surface area contributed by atoms with Crippen LogP contribution >= 0.6 is 15.9 Å². The summed E-state index contributed by atoms with van der Waals surface area (Å²) in [5.41, 5.74) is 1.67.